The summed E-state index contributed by atoms with van der Waals surface area (Å²) in [6.45, 7) is 6.57. The Morgan fingerprint density at radius 3 is 2.46 bits per heavy atom. The lowest BCUT2D eigenvalue weighted by Crippen LogP contribution is -2.52. The SMILES string of the molecule is CC(C)N1CCC(c2cc(F)cc3c2CN(C2CCC(=O)NC2=O)C3=O)CC1. The van der Waals surface area contributed by atoms with Gasteiger partial charge in [-0.05, 0) is 75.4 Å². The number of carbonyl (C=O) groups is 3. The summed E-state index contributed by atoms with van der Waals surface area (Å²) in [6, 6.07) is 2.67. The number of fused-ring (bicyclic) bond motifs is 1. The van der Waals surface area contributed by atoms with Gasteiger partial charge in [0.05, 0.1) is 0 Å². The minimum atomic E-state index is -0.670. The third-order valence-electron chi connectivity index (χ3n) is 6.35. The van der Waals surface area contributed by atoms with Gasteiger partial charge in [0, 0.05) is 24.6 Å². The molecule has 1 aromatic rings. The first-order valence-corrected chi connectivity index (χ1v) is 10.1. The fourth-order valence-corrected chi connectivity index (χ4v) is 4.74. The van der Waals surface area contributed by atoms with E-state index in [0.717, 1.165) is 37.1 Å². The van der Waals surface area contributed by atoms with Crippen LogP contribution in [-0.2, 0) is 16.1 Å². The molecule has 6 nitrogen and oxygen atoms in total. The summed E-state index contributed by atoms with van der Waals surface area (Å²) in [5.41, 5.74) is 2.12. The summed E-state index contributed by atoms with van der Waals surface area (Å²) in [4.78, 5) is 40.5. The zero-order valence-corrected chi connectivity index (χ0v) is 16.3. The van der Waals surface area contributed by atoms with E-state index in [9.17, 15) is 18.8 Å². The van der Waals surface area contributed by atoms with Crippen molar-refractivity contribution < 1.29 is 18.8 Å². The molecule has 4 rings (SSSR count). The maximum Gasteiger partial charge on any atom is 0.255 e. The van der Waals surface area contributed by atoms with E-state index in [1.807, 2.05) is 0 Å². The lowest BCUT2D eigenvalue weighted by Gasteiger charge is -2.35. The summed E-state index contributed by atoms with van der Waals surface area (Å²) >= 11 is 0. The van der Waals surface area contributed by atoms with Crippen molar-refractivity contribution in [3.8, 4) is 0 Å². The molecule has 3 amide bonds. The highest BCUT2D eigenvalue weighted by atomic mass is 19.1. The fourth-order valence-electron chi connectivity index (χ4n) is 4.74. The van der Waals surface area contributed by atoms with Crippen molar-refractivity contribution in [1.29, 1.82) is 0 Å². The third-order valence-corrected chi connectivity index (χ3v) is 6.35. The minimum Gasteiger partial charge on any atom is -0.322 e. The topological polar surface area (TPSA) is 69.7 Å². The van der Waals surface area contributed by atoms with Gasteiger partial charge < -0.3 is 9.80 Å². The van der Waals surface area contributed by atoms with E-state index in [0.29, 0.717) is 24.6 Å². The van der Waals surface area contributed by atoms with Crippen molar-refractivity contribution in [3.05, 3.63) is 34.6 Å². The summed E-state index contributed by atoms with van der Waals surface area (Å²) < 4.78 is 14.3. The molecule has 3 aliphatic rings. The van der Waals surface area contributed by atoms with Crippen LogP contribution in [0.3, 0.4) is 0 Å². The number of nitrogens with zero attached hydrogens (tertiary/aromatic N) is 2. The number of imide groups is 1. The summed E-state index contributed by atoms with van der Waals surface area (Å²) in [5.74, 6) is -1.25. The van der Waals surface area contributed by atoms with E-state index >= 15 is 0 Å². The molecule has 150 valence electrons. The molecule has 1 unspecified atom stereocenters. The molecular formula is C21H26FN3O3. The summed E-state index contributed by atoms with van der Waals surface area (Å²) in [5, 5.41) is 2.31. The van der Waals surface area contributed by atoms with E-state index in [4.69, 9.17) is 0 Å². The predicted octanol–water partition coefficient (Wildman–Crippen LogP) is 2.17. The Morgan fingerprint density at radius 2 is 1.82 bits per heavy atom. The highest BCUT2D eigenvalue weighted by Crippen LogP contribution is 2.37. The quantitative estimate of drug-likeness (QED) is 0.807. The van der Waals surface area contributed by atoms with E-state index in [1.54, 1.807) is 6.07 Å². The highest BCUT2D eigenvalue weighted by Gasteiger charge is 2.41. The smallest absolute Gasteiger partial charge is 0.255 e. The maximum absolute atomic E-state index is 14.3. The first kappa shape index (κ1) is 19.1. The molecule has 1 atom stereocenters. The van der Waals surface area contributed by atoms with Crippen LogP contribution in [0.5, 0.6) is 0 Å². The number of halogens is 1. The monoisotopic (exact) mass is 387 g/mol. The summed E-state index contributed by atoms with van der Waals surface area (Å²) in [6.07, 6.45) is 2.39. The van der Waals surface area contributed by atoms with Crippen LogP contribution in [0.15, 0.2) is 12.1 Å². The lowest BCUT2D eigenvalue weighted by atomic mass is 9.85. The highest BCUT2D eigenvalue weighted by molar-refractivity contribution is 6.05. The summed E-state index contributed by atoms with van der Waals surface area (Å²) in [7, 11) is 0. The Kier molecular flexibility index (Phi) is 4.95. The molecule has 0 aromatic heterocycles. The molecule has 0 aliphatic carbocycles. The third kappa shape index (κ3) is 3.32. The van der Waals surface area contributed by atoms with Crippen molar-refractivity contribution in [2.45, 2.75) is 64.1 Å². The van der Waals surface area contributed by atoms with Crippen LogP contribution in [0, 0.1) is 5.82 Å². The molecular weight excluding hydrogens is 361 g/mol. The van der Waals surface area contributed by atoms with Crippen LogP contribution in [-0.4, -0.2) is 52.7 Å². The van der Waals surface area contributed by atoms with Crippen molar-refractivity contribution in [3.63, 3.8) is 0 Å². The number of benzene rings is 1. The predicted molar refractivity (Wildman–Crippen MR) is 101 cm³/mol. The molecule has 1 aromatic carbocycles. The molecule has 0 spiro atoms. The lowest BCUT2D eigenvalue weighted by molar-refractivity contribution is -0.136. The maximum atomic E-state index is 14.3. The van der Waals surface area contributed by atoms with Gasteiger partial charge >= 0.3 is 0 Å². The molecule has 2 fully saturated rings. The Morgan fingerprint density at radius 1 is 1.11 bits per heavy atom. The Bertz CT molecular complexity index is 830. The number of piperidine rings is 2. The van der Waals surface area contributed by atoms with Gasteiger partial charge in [-0.25, -0.2) is 4.39 Å². The first-order valence-electron chi connectivity index (χ1n) is 10.1. The molecule has 3 aliphatic heterocycles. The average molecular weight is 387 g/mol. The van der Waals surface area contributed by atoms with E-state index in [2.05, 4.69) is 24.1 Å². The van der Waals surface area contributed by atoms with Crippen molar-refractivity contribution in [2.24, 2.45) is 0 Å². The Hall–Kier alpha value is -2.28. The number of hydrogen-bond acceptors (Lipinski definition) is 4. The van der Waals surface area contributed by atoms with Gasteiger partial charge in [-0.1, -0.05) is 0 Å². The molecule has 1 N–H and O–H groups in total. The number of likely N-dealkylation sites (tertiary alicyclic amines) is 1. The van der Waals surface area contributed by atoms with Crippen molar-refractivity contribution in [2.75, 3.05) is 13.1 Å². The number of amides is 3. The minimum absolute atomic E-state index is 0.214. The number of carbonyl (C=O) groups excluding carboxylic acids is 3. The van der Waals surface area contributed by atoms with Crippen LogP contribution >= 0.6 is 0 Å². The van der Waals surface area contributed by atoms with E-state index in [-0.39, 0.29) is 24.2 Å². The van der Waals surface area contributed by atoms with Crippen LogP contribution in [0.1, 0.15) is 66.9 Å². The molecule has 28 heavy (non-hydrogen) atoms. The zero-order chi connectivity index (χ0) is 20.0. The number of nitrogens with one attached hydrogen (secondary N) is 1. The second-order valence-electron chi connectivity index (χ2n) is 8.33. The Balaban J connectivity index is 1.59. The van der Waals surface area contributed by atoms with Gasteiger partial charge in [-0.3, -0.25) is 19.7 Å². The second-order valence-corrected chi connectivity index (χ2v) is 8.33. The van der Waals surface area contributed by atoms with E-state index < -0.39 is 17.8 Å². The fraction of sp³-hybridized carbons (Fsp3) is 0.571. The molecule has 0 bridgehead atoms. The van der Waals surface area contributed by atoms with Gasteiger partial charge in [0.15, 0.2) is 0 Å². The van der Waals surface area contributed by atoms with Gasteiger partial charge in [0.2, 0.25) is 11.8 Å². The van der Waals surface area contributed by atoms with E-state index in [1.165, 1.54) is 11.0 Å². The molecule has 0 saturated carbocycles. The Labute approximate surface area is 164 Å². The largest absolute Gasteiger partial charge is 0.322 e. The molecule has 7 heteroatoms. The average Bonchev–Trinajstić information content (AvgIpc) is 2.98. The van der Waals surface area contributed by atoms with Gasteiger partial charge in [-0.15, -0.1) is 0 Å². The molecule has 0 radical (unpaired) electrons. The first-order chi connectivity index (χ1) is 13.3. The number of hydrogen-bond donors (Lipinski definition) is 1. The van der Waals surface area contributed by atoms with Crippen molar-refractivity contribution in [1.82, 2.24) is 15.1 Å². The number of rotatable bonds is 3. The molecule has 2 saturated heterocycles. The van der Waals surface area contributed by atoms with Crippen LogP contribution in [0.4, 0.5) is 4.39 Å². The van der Waals surface area contributed by atoms with Gasteiger partial charge in [0.1, 0.15) is 11.9 Å². The van der Waals surface area contributed by atoms with Crippen LogP contribution in [0.25, 0.3) is 0 Å². The second kappa shape index (κ2) is 7.28. The molecule has 3 heterocycles. The normalized spacial score (nSPS) is 24.1. The van der Waals surface area contributed by atoms with Gasteiger partial charge in [0.25, 0.3) is 5.91 Å². The van der Waals surface area contributed by atoms with Gasteiger partial charge in [-0.2, -0.15) is 0 Å². The van der Waals surface area contributed by atoms with Crippen molar-refractivity contribution >= 4 is 17.7 Å². The van der Waals surface area contributed by atoms with Crippen LogP contribution in [0.2, 0.25) is 0 Å². The zero-order valence-electron chi connectivity index (χ0n) is 16.3. The van der Waals surface area contributed by atoms with Crippen LogP contribution < -0.4 is 5.32 Å². The standard InChI is InChI=1S/C21H26FN3O3/c1-12(2)24-7-5-13(6-8-24)15-9-14(22)10-16-17(15)11-25(21(16)28)18-3-4-19(26)23-20(18)27/h9-10,12-13,18H,3-8,11H2,1-2H3,(H,23,26,27).